The van der Waals surface area contributed by atoms with Crippen LogP contribution in [-0.4, -0.2) is 47.0 Å². The molecule has 7 nitrogen and oxygen atoms in total. The van der Waals surface area contributed by atoms with Crippen molar-refractivity contribution in [2.45, 2.75) is 45.7 Å². The number of rotatable bonds is 8. The van der Waals surface area contributed by atoms with Crippen molar-refractivity contribution < 1.29 is 19.5 Å². The van der Waals surface area contributed by atoms with Gasteiger partial charge in [0.05, 0.1) is 12.5 Å². The van der Waals surface area contributed by atoms with E-state index in [-0.39, 0.29) is 24.3 Å². The molecule has 1 saturated heterocycles. The smallest absolute Gasteiger partial charge is 0.318 e. The van der Waals surface area contributed by atoms with E-state index < -0.39 is 18.1 Å². The standard InChI is InChI=1S/C25H31N3O4/c1-16(2)23(28-13-7-12-26-25(28)32)24(31)27-21(15-22(29)30)19-10-6-9-18(14-19)20-11-5-4-8-17(20)3/h4-6,8-11,14,16,21,23H,7,12-13,15H2,1-3H3,(H,26,32)(H,27,31)(H,29,30)/t21-,23-/m0/s1. The SMILES string of the molecule is Cc1ccccc1-c1cccc([C@H](CC(=O)O)NC(=O)[C@H](C(C)C)N2CCCNC2=O)c1. The van der Waals surface area contributed by atoms with Crippen molar-refractivity contribution in [3.8, 4) is 11.1 Å². The molecular formula is C25H31N3O4. The summed E-state index contributed by atoms with van der Waals surface area (Å²) in [6, 6.07) is 13.9. The number of carbonyl (C=O) groups excluding carboxylic acids is 2. The largest absolute Gasteiger partial charge is 0.481 e. The van der Waals surface area contributed by atoms with Crippen molar-refractivity contribution in [2.24, 2.45) is 5.92 Å². The number of carboxylic acid groups (broad SMARTS) is 1. The number of urea groups is 1. The molecule has 0 unspecified atom stereocenters. The van der Waals surface area contributed by atoms with Gasteiger partial charge >= 0.3 is 12.0 Å². The van der Waals surface area contributed by atoms with Crippen LogP contribution in [0.2, 0.25) is 0 Å². The lowest BCUT2D eigenvalue weighted by molar-refractivity contribution is -0.138. The van der Waals surface area contributed by atoms with Gasteiger partial charge in [0.2, 0.25) is 5.91 Å². The Hall–Kier alpha value is -3.35. The van der Waals surface area contributed by atoms with Crippen LogP contribution in [0.25, 0.3) is 11.1 Å². The van der Waals surface area contributed by atoms with Gasteiger partial charge in [0, 0.05) is 13.1 Å². The molecule has 1 aliphatic rings. The topological polar surface area (TPSA) is 98.7 Å². The molecule has 3 N–H and O–H groups in total. The minimum atomic E-state index is -1.01. The van der Waals surface area contributed by atoms with Crippen LogP contribution in [0.4, 0.5) is 4.79 Å². The Morgan fingerprint density at radius 2 is 1.91 bits per heavy atom. The summed E-state index contributed by atoms with van der Waals surface area (Å²) < 4.78 is 0. The van der Waals surface area contributed by atoms with E-state index in [0.29, 0.717) is 18.7 Å². The Morgan fingerprint density at radius 1 is 1.16 bits per heavy atom. The molecule has 1 heterocycles. The Balaban J connectivity index is 1.89. The first kappa shape index (κ1) is 23.3. The number of amides is 3. The number of carboxylic acids is 1. The first-order valence-corrected chi connectivity index (χ1v) is 11.0. The number of nitrogens with zero attached hydrogens (tertiary/aromatic N) is 1. The van der Waals surface area contributed by atoms with Gasteiger partial charge in [-0.15, -0.1) is 0 Å². The predicted octanol–water partition coefficient (Wildman–Crippen LogP) is 3.73. The van der Waals surface area contributed by atoms with Gasteiger partial charge in [0.15, 0.2) is 0 Å². The number of benzene rings is 2. The molecule has 0 spiro atoms. The maximum absolute atomic E-state index is 13.3. The second-order valence-corrected chi connectivity index (χ2v) is 8.57. The highest BCUT2D eigenvalue weighted by Crippen LogP contribution is 2.27. The molecule has 32 heavy (non-hydrogen) atoms. The van der Waals surface area contributed by atoms with Gasteiger partial charge in [-0.3, -0.25) is 9.59 Å². The zero-order valence-corrected chi connectivity index (χ0v) is 18.8. The van der Waals surface area contributed by atoms with Gasteiger partial charge in [-0.05, 0) is 47.6 Å². The van der Waals surface area contributed by atoms with Crippen LogP contribution in [-0.2, 0) is 9.59 Å². The minimum absolute atomic E-state index is 0.123. The Labute approximate surface area is 188 Å². The van der Waals surface area contributed by atoms with Crippen molar-refractivity contribution >= 4 is 17.9 Å². The second kappa shape index (κ2) is 10.3. The van der Waals surface area contributed by atoms with E-state index in [4.69, 9.17) is 0 Å². The third-order valence-electron chi connectivity index (χ3n) is 5.79. The normalized spacial score (nSPS) is 15.8. The summed E-state index contributed by atoms with van der Waals surface area (Å²) in [5.74, 6) is -1.47. The van der Waals surface area contributed by atoms with E-state index in [1.165, 1.54) is 0 Å². The predicted molar refractivity (Wildman–Crippen MR) is 123 cm³/mol. The molecule has 1 fully saturated rings. The lowest BCUT2D eigenvalue weighted by Crippen LogP contribution is -2.58. The molecule has 0 saturated carbocycles. The molecule has 0 bridgehead atoms. The summed E-state index contributed by atoms with van der Waals surface area (Å²) in [4.78, 5) is 38.8. The third-order valence-corrected chi connectivity index (χ3v) is 5.79. The highest BCUT2D eigenvalue weighted by Gasteiger charge is 2.35. The molecule has 0 radical (unpaired) electrons. The minimum Gasteiger partial charge on any atom is -0.481 e. The summed E-state index contributed by atoms with van der Waals surface area (Å²) in [6.07, 6.45) is 0.513. The third kappa shape index (κ3) is 5.46. The molecule has 0 aliphatic carbocycles. The van der Waals surface area contributed by atoms with Crippen LogP contribution in [0.15, 0.2) is 48.5 Å². The lowest BCUT2D eigenvalue weighted by Gasteiger charge is -2.36. The molecule has 0 aromatic heterocycles. The van der Waals surface area contributed by atoms with Gasteiger partial charge in [0.25, 0.3) is 0 Å². The van der Waals surface area contributed by atoms with Crippen molar-refractivity contribution in [1.82, 2.24) is 15.5 Å². The number of nitrogens with one attached hydrogen (secondary N) is 2. The molecule has 2 aromatic rings. The number of aliphatic carboxylic acids is 1. The van der Waals surface area contributed by atoms with E-state index in [1.807, 2.05) is 69.3 Å². The lowest BCUT2D eigenvalue weighted by atomic mass is 9.94. The van der Waals surface area contributed by atoms with Gasteiger partial charge in [-0.25, -0.2) is 4.79 Å². The average molecular weight is 438 g/mol. The quantitative estimate of drug-likeness (QED) is 0.586. The van der Waals surface area contributed by atoms with E-state index in [0.717, 1.165) is 23.1 Å². The second-order valence-electron chi connectivity index (χ2n) is 8.57. The van der Waals surface area contributed by atoms with E-state index in [9.17, 15) is 19.5 Å². The Bertz CT molecular complexity index is 989. The Kier molecular flexibility index (Phi) is 7.51. The average Bonchev–Trinajstić information content (AvgIpc) is 2.75. The first-order chi connectivity index (χ1) is 15.3. The van der Waals surface area contributed by atoms with Gasteiger partial charge < -0.3 is 20.6 Å². The van der Waals surface area contributed by atoms with Crippen molar-refractivity contribution in [3.63, 3.8) is 0 Å². The summed E-state index contributed by atoms with van der Waals surface area (Å²) in [5.41, 5.74) is 3.84. The number of aryl methyl sites for hydroxylation is 1. The summed E-state index contributed by atoms with van der Waals surface area (Å²) in [7, 11) is 0. The fourth-order valence-corrected chi connectivity index (χ4v) is 4.22. The van der Waals surface area contributed by atoms with Crippen LogP contribution < -0.4 is 10.6 Å². The molecule has 3 amide bonds. The van der Waals surface area contributed by atoms with Gasteiger partial charge in [0.1, 0.15) is 6.04 Å². The maximum atomic E-state index is 13.3. The maximum Gasteiger partial charge on any atom is 0.318 e. The number of hydrogen-bond donors (Lipinski definition) is 3. The molecule has 170 valence electrons. The van der Waals surface area contributed by atoms with Gasteiger partial charge in [-0.2, -0.15) is 0 Å². The molecule has 3 rings (SSSR count). The van der Waals surface area contributed by atoms with E-state index in [1.54, 1.807) is 4.90 Å². The van der Waals surface area contributed by atoms with Crippen molar-refractivity contribution in [2.75, 3.05) is 13.1 Å². The molecule has 7 heteroatoms. The van der Waals surface area contributed by atoms with Crippen LogP contribution >= 0.6 is 0 Å². The zero-order chi connectivity index (χ0) is 23.3. The van der Waals surface area contributed by atoms with Crippen LogP contribution in [0.1, 0.15) is 43.9 Å². The van der Waals surface area contributed by atoms with E-state index >= 15 is 0 Å². The fourth-order valence-electron chi connectivity index (χ4n) is 4.22. The Morgan fingerprint density at radius 3 is 2.56 bits per heavy atom. The van der Waals surface area contributed by atoms with Crippen LogP contribution in [0, 0.1) is 12.8 Å². The van der Waals surface area contributed by atoms with E-state index in [2.05, 4.69) is 10.6 Å². The highest BCUT2D eigenvalue weighted by molar-refractivity contribution is 5.88. The van der Waals surface area contributed by atoms with Crippen molar-refractivity contribution in [1.29, 1.82) is 0 Å². The molecule has 2 atom stereocenters. The summed E-state index contributed by atoms with van der Waals surface area (Å²) in [5, 5.41) is 15.2. The number of hydrogen-bond acceptors (Lipinski definition) is 3. The molecule has 1 aliphatic heterocycles. The van der Waals surface area contributed by atoms with Gasteiger partial charge in [-0.1, -0.05) is 56.3 Å². The molecule has 2 aromatic carbocycles. The first-order valence-electron chi connectivity index (χ1n) is 11.0. The van der Waals surface area contributed by atoms with Crippen molar-refractivity contribution in [3.05, 3.63) is 59.7 Å². The summed E-state index contributed by atoms with van der Waals surface area (Å²) >= 11 is 0. The monoisotopic (exact) mass is 437 g/mol. The van der Waals surface area contributed by atoms with Crippen LogP contribution in [0.5, 0.6) is 0 Å². The molecular weight excluding hydrogens is 406 g/mol. The summed E-state index contributed by atoms with van der Waals surface area (Å²) in [6.45, 7) is 6.88. The fraction of sp³-hybridized carbons (Fsp3) is 0.400. The zero-order valence-electron chi connectivity index (χ0n) is 18.8. The highest BCUT2D eigenvalue weighted by atomic mass is 16.4. The van der Waals surface area contributed by atoms with Crippen LogP contribution in [0.3, 0.4) is 0 Å². The number of carbonyl (C=O) groups is 3.